The average molecular weight is 587 g/mol. The van der Waals surface area contributed by atoms with Crippen LogP contribution in [0, 0.1) is 5.92 Å². The van der Waals surface area contributed by atoms with Gasteiger partial charge < -0.3 is 30.2 Å². The molecule has 4 atom stereocenters. The molecule has 3 aliphatic rings. The third-order valence-electron chi connectivity index (χ3n) is 8.54. The van der Waals surface area contributed by atoms with Gasteiger partial charge in [0, 0.05) is 19.5 Å². The molecule has 0 spiro atoms. The molecule has 42 heavy (non-hydrogen) atoms. The van der Waals surface area contributed by atoms with Gasteiger partial charge in [0.05, 0.1) is 39.5 Å². The highest BCUT2D eigenvalue weighted by Crippen LogP contribution is 2.33. The van der Waals surface area contributed by atoms with Gasteiger partial charge >= 0.3 is 0 Å². The highest BCUT2D eigenvalue weighted by Gasteiger charge is 2.50. The van der Waals surface area contributed by atoms with Gasteiger partial charge in [-0.2, -0.15) is 0 Å². The molecule has 3 fully saturated rings. The summed E-state index contributed by atoms with van der Waals surface area (Å²) in [6.45, 7) is 6.55. The number of ketones is 1. The number of nitrogens with one attached hydrogen (secondary N) is 3. The number of hydrogen-bond donors (Lipinski definition) is 3. The van der Waals surface area contributed by atoms with Crippen LogP contribution >= 0.6 is 0 Å². The SMILES string of the molecule is CC[C@H](NC(=O)CN1CCOCC1)C(=O)N[C@@H](Cc1ccc(OC)cc1)C(=O)N[C@@H](CC1CCCC1)C(=O)[C@]1(C)CO1. The second kappa shape index (κ2) is 14.9. The van der Waals surface area contributed by atoms with Crippen molar-refractivity contribution in [2.75, 3.05) is 46.6 Å². The summed E-state index contributed by atoms with van der Waals surface area (Å²) in [4.78, 5) is 55.3. The van der Waals surface area contributed by atoms with Crippen LogP contribution in [0.4, 0.5) is 0 Å². The summed E-state index contributed by atoms with van der Waals surface area (Å²) >= 11 is 0. The van der Waals surface area contributed by atoms with Crippen molar-refractivity contribution in [2.24, 2.45) is 5.92 Å². The first-order valence-electron chi connectivity index (χ1n) is 15.2. The summed E-state index contributed by atoms with van der Waals surface area (Å²) in [5, 5.41) is 8.67. The molecule has 1 aromatic carbocycles. The Morgan fingerprint density at radius 1 is 0.976 bits per heavy atom. The molecule has 11 nitrogen and oxygen atoms in total. The molecule has 11 heteroatoms. The number of ether oxygens (including phenoxy) is 3. The number of Topliss-reactive ketones (excluding diaryl/α,β-unsaturated/α-hetero) is 1. The molecule has 2 heterocycles. The van der Waals surface area contributed by atoms with Crippen molar-refractivity contribution in [3.05, 3.63) is 29.8 Å². The summed E-state index contributed by atoms with van der Waals surface area (Å²) in [6, 6.07) is 4.82. The van der Waals surface area contributed by atoms with E-state index in [-0.39, 0.29) is 24.7 Å². The van der Waals surface area contributed by atoms with E-state index in [1.165, 1.54) is 0 Å². The van der Waals surface area contributed by atoms with Crippen LogP contribution in [0.2, 0.25) is 0 Å². The van der Waals surface area contributed by atoms with E-state index < -0.39 is 35.5 Å². The van der Waals surface area contributed by atoms with Gasteiger partial charge in [-0.25, -0.2) is 0 Å². The minimum Gasteiger partial charge on any atom is -0.497 e. The molecule has 2 saturated heterocycles. The Morgan fingerprint density at radius 3 is 2.19 bits per heavy atom. The first kappa shape index (κ1) is 31.9. The van der Waals surface area contributed by atoms with Crippen molar-refractivity contribution < 1.29 is 33.4 Å². The van der Waals surface area contributed by atoms with Crippen LogP contribution in [0.1, 0.15) is 57.9 Å². The van der Waals surface area contributed by atoms with Gasteiger partial charge in [0.25, 0.3) is 0 Å². The van der Waals surface area contributed by atoms with Crippen molar-refractivity contribution in [1.29, 1.82) is 0 Å². The van der Waals surface area contributed by atoms with Gasteiger partial charge in [0.15, 0.2) is 5.78 Å². The highest BCUT2D eigenvalue weighted by molar-refractivity contribution is 5.98. The summed E-state index contributed by atoms with van der Waals surface area (Å²) in [6.07, 6.45) is 5.44. The molecule has 1 aliphatic carbocycles. The van der Waals surface area contributed by atoms with Crippen LogP contribution < -0.4 is 20.7 Å². The fraction of sp³-hybridized carbons (Fsp3) is 0.677. The number of morpholine rings is 1. The Bertz CT molecular complexity index is 1080. The van der Waals surface area contributed by atoms with E-state index in [1.807, 2.05) is 24.0 Å². The van der Waals surface area contributed by atoms with Crippen LogP contribution in [0.3, 0.4) is 0 Å². The minimum absolute atomic E-state index is 0.126. The second-order valence-corrected chi connectivity index (χ2v) is 11.9. The molecular weight excluding hydrogens is 540 g/mol. The van der Waals surface area contributed by atoms with E-state index in [0.29, 0.717) is 57.4 Å². The van der Waals surface area contributed by atoms with Crippen LogP contribution in [-0.4, -0.2) is 98.7 Å². The number of carbonyl (C=O) groups is 4. The molecular formula is C31H46N4O7. The predicted molar refractivity (Wildman–Crippen MR) is 156 cm³/mol. The monoisotopic (exact) mass is 586 g/mol. The molecule has 232 valence electrons. The lowest BCUT2D eigenvalue weighted by Gasteiger charge is -2.28. The van der Waals surface area contributed by atoms with Gasteiger partial charge in [-0.15, -0.1) is 0 Å². The van der Waals surface area contributed by atoms with Crippen molar-refractivity contribution in [2.45, 2.75) is 82.5 Å². The third-order valence-corrected chi connectivity index (χ3v) is 8.54. The van der Waals surface area contributed by atoms with Gasteiger partial charge in [0.2, 0.25) is 17.7 Å². The molecule has 1 aromatic rings. The van der Waals surface area contributed by atoms with Gasteiger partial charge in [0.1, 0.15) is 23.4 Å². The molecule has 0 unspecified atom stereocenters. The number of carbonyl (C=O) groups excluding carboxylic acids is 4. The van der Waals surface area contributed by atoms with Crippen LogP contribution in [0.5, 0.6) is 5.75 Å². The molecule has 0 aromatic heterocycles. The minimum atomic E-state index is -0.956. The van der Waals surface area contributed by atoms with Gasteiger partial charge in [-0.05, 0) is 43.4 Å². The highest BCUT2D eigenvalue weighted by atomic mass is 16.6. The number of amides is 3. The first-order valence-corrected chi connectivity index (χ1v) is 15.2. The third kappa shape index (κ3) is 8.99. The standard InChI is InChI=1S/C31H46N4O7/c1-4-24(32-27(36)19-35-13-15-41-16-14-35)29(38)34-26(18-22-9-11-23(40-3)12-10-22)30(39)33-25(17-21-7-5-6-8-21)28(37)31(2)20-42-31/h9-12,21,24-26H,4-8,13-20H2,1-3H3,(H,32,36)(H,33,39)(H,34,38)/t24-,25-,26-,31-/m0/s1. The Labute approximate surface area is 248 Å². The normalized spacial score (nSPS) is 22.9. The van der Waals surface area contributed by atoms with Crippen molar-refractivity contribution >= 4 is 23.5 Å². The van der Waals surface area contributed by atoms with Gasteiger partial charge in [-0.1, -0.05) is 44.7 Å². The smallest absolute Gasteiger partial charge is 0.243 e. The van der Waals surface area contributed by atoms with Crippen molar-refractivity contribution in [1.82, 2.24) is 20.9 Å². The largest absolute Gasteiger partial charge is 0.497 e. The van der Waals surface area contributed by atoms with Gasteiger partial charge in [-0.3, -0.25) is 24.1 Å². The van der Waals surface area contributed by atoms with E-state index in [9.17, 15) is 19.2 Å². The molecule has 3 amide bonds. The Hall–Kier alpha value is -3.02. The van der Waals surface area contributed by atoms with E-state index >= 15 is 0 Å². The molecule has 0 bridgehead atoms. The summed E-state index contributed by atoms with van der Waals surface area (Å²) in [5.41, 5.74) is -0.0552. The summed E-state index contributed by atoms with van der Waals surface area (Å²) < 4.78 is 16.0. The Morgan fingerprint density at radius 2 is 1.60 bits per heavy atom. The fourth-order valence-corrected chi connectivity index (χ4v) is 5.74. The van der Waals surface area contributed by atoms with Crippen LogP contribution in [0.15, 0.2) is 24.3 Å². The van der Waals surface area contributed by atoms with Crippen molar-refractivity contribution in [3.63, 3.8) is 0 Å². The maximum atomic E-state index is 13.8. The summed E-state index contributed by atoms with van der Waals surface area (Å²) in [7, 11) is 1.58. The fourth-order valence-electron chi connectivity index (χ4n) is 5.74. The lowest BCUT2D eigenvalue weighted by atomic mass is 9.90. The molecule has 3 N–H and O–H groups in total. The number of nitrogens with zero attached hydrogens (tertiary/aromatic N) is 1. The summed E-state index contributed by atoms with van der Waals surface area (Å²) in [5.74, 6) is -0.221. The number of methoxy groups -OCH3 is 1. The molecule has 1 saturated carbocycles. The lowest BCUT2D eigenvalue weighted by molar-refractivity contribution is -0.134. The van der Waals surface area contributed by atoms with E-state index in [4.69, 9.17) is 14.2 Å². The number of benzene rings is 1. The van der Waals surface area contributed by atoms with Crippen LogP contribution in [-0.2, 0) is 35.1 Å². The Kier molecular flexibility index (Phi) is 11.3. The topological polar surface area (TPSA) is 139 Å². The molecule has 0 radical (unpaired) electrons. The maximum Gasteiger partial charge on any atom is 0.243 e. The Balaban J connectivity index is 1.46. The second-order valence-electron chi connectivity index (χ2n) is 11.9. The van der Waals surface area contributed by atoms with E-state index in [1.54, 1.807) is 26.2 Å². The van der Waals surface area contributed by atoms with Crippen molar-refractivity contribution in [3.8, 4) is 5.75 Å². The molecule has 4 rings (SSSR count). The number of hydrogen-bond acceptors (Lipinski definition) is 8. The quantitative estimate of drug-likeness (QED) is 0.262. The number of rotatable bonds is 15. The molecule has 2 aliphatic heterocycles. The zero-order valence-electron chi connectivity index (χ0n) is 25.1. The zero-order valence-corrected chi connectivity index (χ0v) is 25.1. The van der Waals surface area contributed by atoms with E-state index in [0.717, 1.165) is 31.2 Å². The zero-order chi connectivity index (χ0) is 30.1. The number of epoxide rings is 1. The average Bonchev–Trinajstić information content (AvgIpc) is 3.53. The predicted octanol–water partition coefficient (Wildman–Crippen LogP) is 1.37. The van der Waals surface area contributed by atoms with E-state index in [2.05, 4.69) is 16.0 Å². The van der Waals surface area contributed by atoms with Crippen LogP contribution in [0.25, 0.3) is 0 Å². The maximum absolute atomic E-state index is 13.8. The lowest BCUT2D eigenvalue weighted by Crippen LogP contribution is -2.58. The first-order chi connectivity index (χ1) is 20.2.